The first-order chi connectivity index (χ1) is 12.5. The number of aryl methyl sites for hydroxylation is 1. The summed E-state index contributed by atoms with van der Waals surface area (Å²) in [6.45, 7) is 8.43. The monoisotopic (exact) mass is 387 g/mol. The minimum atomic E-state index is -3.21. The molecule has 0 spiro atoms. The van der Waals surface area contributed by atoms with Crippen molar-refractivity contribution in [2.75, 3.05) is 6.26 Å². The molecule has 0 fully saturated rings. The van der Waals surface area contributed by atoms with Crippen LogP contribution in [-0.2, 0) is 26.5 Å². The van der Waals surface area contributed by atoms with E-state index in [-0.39, 0.29) is 22.3 Å². The van der Waals surface area contributed by atoms with Gasteiger partial charge in [0.2, 0.25) is 5.91 Å². The first-order valence-electron chi connectivity index (χ1n) is 9.15. The van der Waals surface area contributed by atoms with Gasteiger partial charge in [-0.25, -0.2) is 8.42 Å². The Labute approximate surface area is 162 Å². The van der Waals surface area contributed by atoms with E-state index in [1.165, 1.54) is 11.8 Å². The highest BCUT2D eigenvalue weighted by Gasteiger charge is 2.14. The highest BCUT2D eigenvalue weighted by molar-refractivity contribution is 7.90. The Morgan fingerprint density at radius 1 is 1.00 bits per heavy atom. The van der Waals surface area contributed by atoms with Gasteiger partial charge in [0.1, 0.15) is 0 Å². The summed E-state index contributed by atoms with van der Waals surface area (Å²) in [7, 11) is -3.21. The molecule has 0 aromatic heterocycles. The van der Waals surface area contributed by atoms with Gasteiger partial charge < -0.3 is 5.32 Å². The largest absolute Gasteiger partial charge is 0.350 e. The molecule has 0 saturated heterocycles. The Morgan fingerprint density at radius 3 is 2.04 bits per heavy atom. The number of sulfone groups is 1. The van der Waals surface area contributed by atoms with Gasteiger partial charge in [-0.2, -0.15) is 0 Å². The Hall–Kier alpha value is -2.14. The van der Waals surface area contributed by atoms with Crippen molar-refractivity contribution in [3.05, 3.63) is 65.2 Å². The van der Waals surface area contributed by atoms with Crippen molar-refractivity contribution in [1.82, 2.24) is 5.32 Å². The third kappa shape index (κ3) is 6.21. The third-order valence-electron chi connectivity index (χ3n) is 4.65. The lowest BCUT2D eigenvalue weighted by Crippen LogP contribution is -2.26. The lowest BCUT2D eigenvalue weighted by atomic mass is 9.86. The van der Waals surface area contributed by atoms with E-state index < -0.39 is 9.84 Å². The van der Waals surface area contributed by atoms with Crippen LogP contribution in [0.25, 0.3) is 0 Å². The Bertz CT molecular complexity index is 877. The Morgan fingerprint density at radius 2 is 1.56 bits per heavy atom. The molecule has 0 radical (unpaired) electrons. The average molecular weight is 388 g/mol. The van der Waals surface area contributed by atoms with Crippen molar-refractivity contribution in [3.63, 3.8) is 0 Å². The molecule has 146 valence electrons. The zero-order valence-corrected chi connectivity index (χ0v) is 17.6. The van der Waals surface area contributed by atoms with Gasteiger partial charge in [-0.1, -0.05) is 57.2 Å². The topological polar surface area (TPSA) is 63.2 Å². The highest BCUT2D eigenvalue weighted by atomic mass is 32.2. The normalized spacial score (nSPS) is 13.2. The molecular formula is C22H29NO3S. The van der Waals surface area contributed by atoms with Crippen LogP contribution in [0.2, 0.25) is 0 Å². The van der Waals surface area contributed by atoms with Crippen molar-refractivity contribution in [2.24, 2.45) is 0 Å². The second-order valence-electron chi connectivity index (χ2n) is 8.08. The molecular weight excluding hydrogens is 358 g/mol. The zero-order valence-electron chi connectivity index (χ0n) is 16.7. The van der Waals surface area contributed by atoms with Crippen LogP contribution in [0.3, 0.4) is 0 Å². The maximum Gasteiger partial charge on any atom is 0.220 e. The SMILES string of the molecule is C[C@H](NC(=O)CCc1ccc(C(C)(C)C)cc1)c1ccc(S(C)(=O)=O)cc1. The summed E-state index contributed by atoms with van der Waals surface area (Å²) in [5.74, 6) is -0.0189. The van der Waals surface area contributed by atoms with Crippen molar-refractivity contribution in [2.45, 2.75) is 56.9 Å². The molecule has 0 aliphatic carbocycles. The fourth-order valence-electron chi connectivity index (χ4n) is 2.83. The number of amides is 1. The molecule has 1 amide bonds. The molecule has 0 aliphatic rings. The van der Waals surface area contributed by atoms with Crippen LogP contribution in [0.5, 0.6) is 0 Å². The van der Waals surface area contributed by atoms with E-state index in [1.807, 2.05) is 6.92 Å². The average Bonchev–Trinajstić information content (AvgIpc) is 2.59. The van der Waals surface area contributed by atoms with E-state index in [4.69, 9.17) is 0 Å². The predicted octanol–water partition coefficient (Wildman–Crippen LogP) is 4.20. The number of hydrogen-bond acceptors (Lipinski definition) is 3. The summed E-state index contributed by atoms with van der Waals surface area (Å²) in [6, 6.07) is 14.9. The van der Waals surface area contributed by atoms with Crippen LogP contribution in [0, 0.1) is 0 Å². The minimum Gasteiger partial charge on any atom is -0.350 e. The van der Waals surface area contributed by atoms with Crippen LogP contribution < -0.4 is 5.32 Å². The molecule has 1 N–H and O–H groups in total. The van der Waals surface area contributed by atoms with Gasteiger partial charge in [-0.05, 0) is 47.6 Å². The van der Waals surface area contributed by atoms with Gasteiger partial charge in [0.25, 0.3) is 0 Å². The number of benzene rings is 2. The molecule has 4 nitrogen and oxygen atoms in total. The van der Waals surface area contributed by atoms with E-state index in [2.05, 4.69) is 50.4 Å². The Kier molecular flexibility index (Phi) is 6.47. The number of rotatable bonds is 6. The lowest BCUT2D eigenvalue weighted by Gasteiger charge is -2.19. The van der Waals surface area contributed by atoms with Gasteiger partial charge in [0, 0.05) is 12.7 Å². The third-order valence-corrected chi connectivity index (χ3v) is 5.77. The van der Waals surface area contributed by atoms with Crippen molar-refractivity contribution in [3.8, 4) is 0 Å². The van der Waals surface area contributed by atoms with Gasteiger partial charge >= 0.3 is 0 Å². The van der Waals surface area contributed by atoms with Crippen LogP contribution in [0.15, 0.2) is 53.4 Å². The summed E-state index contributed by atoms with van der Waals surface area (Å²) >= 11 is 0. The number of carbonyl (C=O) groups excluding carboxylic acids is 1. The van der Waals surface area contributed by atoms with Gasteiger partial charge in [0.05, 0.1) is 10.9 Å². The molecule has 0 aliphatic heterocycles. The fraction of sp³-hybridized carbons (Fsp3) is 0.409. The number of hydrogen-bond donors (Lipinski definition) is 1. The summed E-state index contributed by atoms with van der Waals surface area (Å²) in [4.78, 5) is 12.5. The Balaban J connectivity index is 1.89. The zero-order chi connectivity index (χ0) is 20.2. The number of carbonyl (C=O) groups is 1. The molecule has 1 atom stereocenters. The van der Waals surface area contributed by atoms with E-state index in [0.29, 0.717) is 12.8 Å². The second kappa shape index (κ2) is 8.26. The molecule has 2 aromatic carbocycles. The summed E-state index contributed by atoms with van der Waals surface area (Å²) in [6.07, 6.45) is 2.29. The van der Waals surface area contributed by atoms with Gasteiger partial charge in [-0.3, -0.25) is 4.79 Å². The highest BCUT2D eigenvalue weighted by Crippen LogP contribution is 2.22. The fourth-order valence-corrected chi connectivity index (χ4v) is 3.46. The van der Waals surface area contributed by atoms with Crippen molar-refractivity contribution in [1.29, 1.82) is 0 Å². The van der Waals surface area contributed by atoms with Gasteiger partial charge in [0.15, 0.2) is 9.84 Å². The molecule has 0 unspecified atom stereocenters. The van der Waals surface area contributed by atoms with Crippen LogP contribution in [0.4, 0.5) is 0 Å². The van der Waals surface area contributed by atoms with Crippen LogP contribution >= 0.6 is 0 Å². The number of nitrogens with one attached hydrogen (secondary N) is 1. The van der Waals surface area contributed by atoms with Crippen LogP contribution in [-0.4, -0.2) is 20.6 Å². The van der Waals surface area contributed by atoms with Crippen molar-refractivity contribution < 1.29 is 13.2 Å². The molecule has 2 aromatic rings. The summed E-state index contributed by atoms with van der Waals surface area (Å²) < 4.78 is 23.0. The summed E-state index contributed by atoms with van der Waals surface area (Å²) in [5.41, 5.74) is 3.42. The quantitative estimate of drug-likeness (QED) is 0.808. The van der Waals surface area contributed by atoms with Gasteiger partial charge in [-0.15, -0.1) is 0 Å². The minimum absolute atomic E-state index is 0.0189. The molecule has 2 rings (SSSR count). The standard InChI is InChI=1S/C22H29NO3S/c1-16(18-9-13-20(14-10-18)27(5,25)26)23-21(24)15-8-17-6-11-19(12-7-17)22(2,3)4/h6-7,9-14,16H,8,15H2,1-5H3,(H,23,24)/t16-/m0/s1. The molecule has 27 heavy (non-hydrogen) atoms. The van der Waals surface area contributed by atoms with E-state index >= 15 is 0 Å². The maximum atomic E-state index is 12.2. The first kappa shape index (κ1) is 21.2. The van der Waals surface area contributed by atoms with E-state index in [9.17, 15) is 13.2 Å². The first-order valence-corrected chi connectivity index (χ1v) is 11.0. The smallest absolute Gasteiger partial charge is 0.220 e. The summed E-state index contributed by atoms with van der Waals surface area (Å²) in [5, 5.41) is 2.97. The predicted molar refractivity (Wildman–Crippen MR) is 110 cm³/mol. The van der Waals surface area contributed by atoms with Crippen molar-refractivity contribution >= 4 is 15.7 Å². The molecule has 5 heteroatoms. The lowest BCUT2D eigenvalue weighted by molar-refractivity contribution is -0.121. The van der Waals surface area contributed by atoms with E-state index in [1.54, 1.807) is 24.3 Å². The van der Waals surface area contributed by atoms with E-state index in [0.717, 1.165) is 11.1 Å². The molecule has 0 bridgehead atoms. The molecule has 0 heterocycles. The second-order valence-corrected chi connectivity index (χ2v) is 10.1. The molecule has 0 saturated carbocycles. The van der Waals surface area contributed by atoms with Crippen LogP contribution in [0.1, 0.15) is 56.8 Å². The maximum absolute atomic E-state index is 12.2.